The minimum atomic E-state index is -0.247. The number of rotatable bonds is 2. The molecule has 0 radical (unpaired) electrons. The Hall–Kier alpha value is -0.570. The van der Waals surface area contributed by atoms with E-state index in [9.17, 15) is 4.39 Å². The monoisotopic (exact) mass is 258 g/mol. The fraction of sp³-hybridized carbons (Fsp3) is 0.455. The molecule has 76 valence electrons. The number of hydrogen-bond donors (Lipinski definition) is 0. The van der Waals surface area contributed by atoms with Gasteiger partial charge in [-0.05, 0) is 59.8 Å². The number of hydrogen-bond acceptors (Lipinski definition) is 1. The Balaban J connectivity index is 2.05. The van der Waals surface area contributed by atoms with Crippen molar-refractivity contribution in [3.05, 3.63) is 28.5 Å². The van der Waals surface area contributed by atoms with Crippen molar-refractivity contribution >= 4 is 15.9 Å². The first-order valence-corrected chi connectivity index (χ1v) is 5.67. The number of halogens is 2. The highest BCUT2D eigenvalue weighted by atomic mass is 79.9. The molecule has 3 heteroatoms. The van der Waals surface area contributed by atoms with Crippen LogP contribution in [0.25, 0.3) is 0 Å². The summed E-state index contributed by atoms with van der Waals surface area (Å²) in [7, 11) is 0. The van der Waals surface area contributed by atoms with E-state index in [2.05, 4.69) is 15.9 Å². The van der Waals surface area contributed by atoms with Crippen LogP contribution in [0, 0.1) is 5.82 Å². The smallest absolute Gasteiger partial charge is 0.137 e. The predicted octanol–water partition coefficient (Wildman–Crippen LogP) is 3.91. The highest BCUT2D eigenvalue weighted by Gasteiger charge is 2.16. The van der Waals surface area contributed by atoms with Gasteiger partial charge in [-0.15, -0.1) is 0 Å². The van der Waals surface area contributed by atoms with Gasteiger partial charge in [0.15, 0.2) is 0 Å². The molecule has 0 amide bonds. The minimum Gasteiger partial charge on any atom is -0.490 e. The molecule has 1 aromatic carbocycles. The van der Waals surface area contributed by atoms with Gasteiger partial charge in [-0.2, -0.15) is 0 Å². The molecule has 0 N–H and O–H groups in total. The lowest BCUT2D eigenvalue weighted by Crippen LogP contribution is -2.10. The third-order valence-corrected chi connectivity index (χ3v) is 3.10. The zero-order valence-electron chi connectivity index (χ0n) is 7.80. The van der Waals surface area contributed by atoms with E-state index in [4.69, 9.17) is 4.74 Å². The maximum absolute atomic E-state index is 12.9. The van der Waals surface area contributed by atoms with Crippen molar-refractivity contribution in [1.82, 2.24) is 0 Å². The van der Waals surface area contributed by atoms with E-state index < -0.39 is 0 Å². The normalized spacial score (nSPS) is 17.3. The molecule has 0 spiro atoms. The van der Waals surface area contributed by atoms with Crippen molar-refractivity contribution in [2.45, 2.75) is 31.8 Å². The lowest BCUT2D eigenvalue weighted by atomic mass is 10.3. The van der Waals surface area contributed by atoms with E-state index in [0.717, 1.165) is 18.6 Å². The predicted molar refractivity (Wildman–Crippen MR) is 57.0 cm³/mol. The van der Waals surface area contributed by atoms with E-state index >= 15 is 0 Å². The van der Waals surface area contributed by atoms with Gasteiger partial charge in [0.2, 0.25) is 0 Å². The topological polar surface area (TPSA) is 9.23 Å². The van der Waals surface area contributed by atoms with Gasteiger partial charge in [0, 0.05) is 0 Å². The number of ether oxygens (including phenoxy) is 1. The van der Waals surface area contributed by atoms with E-state index in [-0.39, 0.29) is 5.82 Å². The van der Waals surface area contributed by atoms with Crippen molar-refractivity contribution in [3.63, 3.8) is 0 Å². The molecule has 0 unspecified atom stereocenters. The first-order valence-electron chi connectivity index (χ1n) is 4.87. The lowest BCUT2D eigenvalue weighted by molar-refractivity contribution is 0.209. The van der Waals surface area contributed by atoms with Gasteiger partial charge < -0.3 is 4.74 Å². The molecule has 0 aromatic heterocycles. The molecule has 1 aliphatic carbocycles. The van der Waals surface area contributed by atoms with Crippen LogP contribution in [0.4, 0.5) is 4.39 Å². The van der Waals surface area contributed by atoms with E-state index in [1.165, 1.54) is 18.9 Å². The maximum atomic E-state index is 12.9. The Kier molecular flexibility index (Phi) is 3.06. The first-order chi connectivity index (χ1) is 6.75. The summed E-state index contributed by atoms with van der Waals surface area (Å²) in [5.41, 5.74) is 0. The zero-order chi connectivity index (χ0) is 9.97. The summed E-state index contributed by atoms with van der Waals surface area (Å²) < 4.78 is 19.1. The molecule has 0 heterocycles. The van der Waals surface area contributed by atoms with Crippen LogP contribution in [0.15, 0.2) is 22.7 Å². The summed E-state index contributed by atoms with van der Waals surface area (Å²) in [6, 6.07) is 4.79. The molecule has 1 nitrogen and oxygen atoms in total. The highest BCUT2D eigenvalue weighted by Crippen LogP contribution is 2.27. The molecular weight excluding hydrogens is 247 g/mol. The summed E-state index contributed by atoms with van der Waals surface area (Å²) in [6.07, 6.45) is 5.05. The van der Waals surface area contributed by atoms with Crippen LogP contribution >= 0.6 is 15.9 Å². The molecular formula is C11H12BrFO. The van der Waals surface area contributed by atoms with Crippen LogP contribution in [-0.4, -0.2) is 6.10 Å². The van der Waals surface area contributed by atoms with Gasteiger partial charge in [-0.25, -0.2) is 4.39 Å². The van der Waals surface area contributed by atoms with Gasteiger partial charge >= 0.3 is 0 Å². The van der Waals surface area contributed by atoms with Crippen LogP contribution in [-0.2, 0) is 0 Å². The summed E-state index contributed by atoms with van der Waals surface area (Å²) in [4.78, 5) is 0. The summed E-state index contributed by atoms with van der Waals surface area (Å²) >= 11 is 3.14. The molecule has 0 saturated heterocycles. The molecule has 2 rings (SSSR count). The van der Waals surface area contributed by atoms with Gasteiger partial charge in [-0.3, -0.25) is 0 Å². The van der Waals surface area contributed by atoms with Crippen LogP contribution in [0.1, 0.15) is 25.7 Å². The molecule has 1 aromatic rings. The van der Waals surface area contributed by atoms with Crippen molar-refractivity contribution in [2.24, 2.45) is 0 Å². The van der Waals surface area contributed by atoms with Gasteiger partial charge in [0.05, 0.1) is 10.6 Å². The second-order valence-electron chi connectivity index (χ2n) is 3.60. The van der Waals surface area contributed by atoms with Crippen LogP contribution in [0.3, 0.4) is 0 Å². The fourth-order valence-electron chi connectivity index (χ4n) is 1.75. The summed E-state index contributed by atoms with van der Waals surface area (Å²) in [6.45, 7) is 0. The average Bonchev–Trinajstić information content (AvgIpc) is 2.64. The van der Waals surface area contributed by atoms with E-state index in [1.54, 1.807) is 12.1 Å². The highest BCUT2D eigenvalue weighted by molar-refractivity contribution is 9.10. The maximum Gasteiger partial charge on any atom is 0.137 e. The zero-order valence-corrected chi connectivity index (χ0v) is 9.39. The first kappa shape index (κ1) is 9.97. The van der Waals surface area contributed by atoms with Crippen molar-refractivity contribution in [2.75, 3.05) is 0 Å². The molecule has 1 saturated carbocycles. The number of benzene rings is 1. The Morgan fingerprint density at radius 2 is 2.00 bits per heavy atom. The quantitative estimate of drug-likeness (QED) is 0.782. The van der Waals surface area contributed by atoms with Crippen molar-refractivity contribution in [3.8, 4) is 5.75 Å². The van der Waals surface area contributed by atoms with Crippen LogP contribution in [0.5, 0.6) is 5.75 Å². The summed E-state index contributed by atoms with van der Waals surface area (Å²) in [5, 5.41) is 0. The third-order valence-electron chi connectivity index (χ3n) is 2.50. The molecule has 0 bridgehead atoms. The van der Waals surface area contributed by atoms with Crippen LogP contribution < -0.4 is 4.74 Å². The second kappa shape index (κ2) is 4.30. The Labute approximate surface area is 91.4 Å². The van der Waals surface area contributed by atoms with E-state index in [1.807, 2.05) is 0 Å². The van der Waals surface area contributed by atoms with Gasteiger partial charge in [-0.1, -0.05) is 0 Å². The minimum absolute atomic E-state index is 0.247. The van der Waals surface area contributed by atoms with Gasteiger partial charge in [0.1, 0.15) is 11.6 Å². The third kappa shape index (κ3) is 2.27. The lowest BCUT2D eigenvalue weighted by Gasteiger charge is -2.13. The average molecular weight is 259 g/mol. The van der Waals surface area contributed by atoms with Gasteiger partial charge in [0.25, 0.3) is 0 Å². The SMILES string of the molecule is Fc1ccc(OC2CCCC2)cc1Br. The molecule has 14 heavy (non-hydrogen) atoms. The Morgan fingerprint density at radius 3 is 2.64 bits per heavy atom. The largest absolute Gasteiger partial charge is 0.490 e. The molecule has 1 fully saturated rings. The van der Waals surface area contributed by atoms with Crippen LogP contribution in [0.2, 0.25) is 0 Å². The molecule has 1 aliphatic rings. The fourth-order valence-corrected chi connectivity index (χ4v) is 2.11. The Bertz CT molecular complexity index is 321. The second-order valence-corrected chi connectivity index (χ2v) is 4.45. The molecule has 0 atom stereocenters. The van der Waals surface area contributed by atoms with E-state index in [0.29, 0.717) is 10.6 Å². The van der Waals surface area contributed by atoms with Crippen molar-refractivity contribution in [1.29, 1.82) is 0 Å². The van der Waals surface area contributed by atoms with Crippen molar-refractivity contribution < 1.29 is 9.13 Å². The Morgan fingerprint density at radius 1 is 1.29 bits per heavy atom. The summed E-state index contributed by atoms with van der Waals surface area (Å²) in [5.74, 6) is 0.508. The standard InChI is InChI=1S/C11H12BrFO/c12-10-7-9(5-6-11(10)13)14-8-3-1-2-4-8/h5-8H,1-4H2. The molecule has 0 aliphatic heterocycles.